The lowest BCUT2D eigenvalue weighted by atomic mass is 9.91. The molecule has 0 fully saturated rings. The minimum Gasteiger partial charge on any atom is -0.313 e. The molecule has 2 aromatic rings. The highest BCUT2D eigenvalue weighted by molar-refractivity contribution is 5.72. The van der Waals surface area contributed by atoms with Gasteiger partial charge in [-0.15, -0.1) is 0 Å². The maximum absolute atomic E-state index is 13.6. The first-order chi connectivity index (χ1) is 9.04. The molecule has 1 nitrogen and oxygen atoms in total. The Bertz CT molecular complexity index is 590. The first-order valence-corrected chi connectivity index (χ1v) is 6.58. The lowest BCUT2D eigenvalue weighted by Crippen LogP contribution is -2.13. The third-order valence-corrected chi connectivity index (χ3v) is 3.81. The second-order valence-corrected chi connectivity index (χ2v) is 4.99. The van der Waals surface area contributed by atoms with Gasteiger partial charge in [-0.05, 0) is 67.8 Å². The van der Waals surface area contributed by atoms with E-state index in [-0.39, 0.29) is 11.9 Å². The van der Waals surface area contributed by atoms with Crippen molar-refractivity contribution >= 4 is 0 Å². The van der Waals surface area contributed by atoms with E-state index in [1.54, 1.807) is 6.07 Å². The van der Waals surface area contributed by atoms with Crippen LogP contribution in [0.5, 0.6) is 0 Å². The van der Waals surface area contributed by atoms with Crippen LogP contribution in [0.15, 0.2) is 36.4 Å². The normalized spacial score (nSPS) is 12.5. The van der Waals surface area contributed by atoms with Gasteiger partial charge in [0.05, 0.1) is 0 Å². The zero-order valence-electron chi connectivity index (χ0n) is 11.9. The molecule has 1 unspecified atom stereocenters. The van der Waals surface area contributed by atoms with Gasteiger partial charge in [-0.2, -0.15) is 0 Å². The summed E-state index contributed by atoms with van der Waals surface area (Å²) >= 11 is 0. The van der Waals surface area contributed by atoms with Crippen molar-refractivity contribution in [2.45, 2.75) is 26.8 Å². The van der Waals surface area contributed by atoms with E-state index in [0.29, 0.717) is 0 Å². The van der Waals surface area contributed by atoms with Crippen molar-refractivity contribution < 1.29 is 4.39 Å². The lowest BCUT2D eigenvalue weighted by molar-refractivity contribution is 0.620. The van der Waals surface area contributed by atoms with Crippen LogP contribution in [-0.4, -0.2) is 7.05 Å². The summed E-state index contributed by atoms with van der Waals surface area (Å²) in [4.78, 5) is 0. The Labute approximate surface area is 114 Å². The van der Waals surface area contributed by atoms with Gasteiger partial charge < -0.3 is 5.32 Å². The van der Waals surface area contributed by atoms with Crippen LogP contribution in [0.4, 0.5) is 4.39 Å². The molecule has 0 aliphatic heterocycles. The third kappa shape index (κ3) is 2.69. The fourth-order valence-electron chi connectivity index (χ4n) is 2.34. The van der Waals surface area contributed by atoms with E-state index >= 15 is 0 Å². The summed E-state index contributed by atoms with van der Waals surface area (Å²) in [6.45, 7) is 6.25. The summed E-state index contributed by atoms with van der Waals surface area (Å²) in [5.41, 5.74) is 5.64. The molecule has 1 N–H and O–H groups in total. The number of nitrogens with one attached hydrogen (secondary N) is 1. The van der Waals surface area contributed by atoms with Gasteiger partial charge in [0, 0.05) is 6.04 Å². The Balaban J connectivity index is 2.66. The van der Waals surface area contributed by atoms with E-state index < -0.39 is 0 Å². The molecule has 0 bridgehead atoms. The molecule has 19 heavy (non-hydrogen) atoms. The van der Waals surface area contributed by atoms with Gasteiger partial charge in [-0.1, -0.05) is 24.3 Å². The second-order valence-electron chi connectivity index (χ2n) is 4.99. The SMILES string of the molecule is CNC(C)c1ccc(F)cc1-c1cccc(C)c1C. The maximum atomic E-state index is 13.6. The Morgan fingerprint density at radius 2 is 1.79 bits per heavy atom. The maximum Gasteiger partial charge on any atom is 0.123 e. The smallest absolute Gasteiger partial charge is 0.123 e. The van der Waals surface area contributed by atoms with E-state index in [1.165, 1.54) is 17.2 Å². The molecular weight excluding hydrogens is 237 g/mol. The highest BCUT2D eigenvalue weighted by Crippen LogP contribution is 2.32. The summed E-state index contributed by atoms with van der Waals surface area (Å²) in [5.74, 6) is -0.192. The highest BCUT2D eigenvalue weighted by atomic mass is 19.1. The number of rotatable bonds is 3. The molecule has 0 heterocycles. The van der Waals surface area contributed by atoms with Gasteiger partial charge >= 0.3 is 0 Å². The quantitative estimate of drug-likeness (QED) is 0.860. The summed E-state index contributed by atoms with van der Waals surface area (Å²) in [7, 11) is 1.92. The summed E-state index contributed by atoms with van der Waals surface area (Å²) in [6.07, 6.45) is 0. The molecule has 2 aromatic carbocycles. The van der Waals surface area contributed by atoms with Crippen molar-refractivity contribution in [1.29, 1.82) is 0 Å². The molecule has 2 rings (SSSR count). The minimum atomic E-state index is -0.192. The van der Waals surface area contributed by atoms with Crippen LogP contribution in [0.2, 0.25) is 0 Å². The first kappa shape index (κ1) is 13.8. The number of hydrogen-bond donors (Lipinski definition) is 1. The average molecular weight is 257 g/mol. The molecule has 0 saturated carbocycles. The predicted octanol–water partition coefficient (Wildman–Crippen LogP) is 4.39. The van der Waals surface area contributed by atoms with Crippen molar-refractivity contribution in [3.05, 3.63) is 58.9 Å². The molecule has 100 valence electrons. The van der Waals surface area contributed by atoms with Crippen LogP contribution in [-0.2, 0) is 0 Å². The molecule has 0 spiro atoms. The second kappa shape index (κ2) is 5.54. The van der Waals surface area contributed by atoms with E-state index in [9.17, 15) is 4.39 Å². The van der Waals surface area contributed by atoms with E-state index in [0.717, 1.165) is 16.7 Å². The van der Waals surface area contributed by atoms with Gasteiger partial charge in [0.1, 0.15) is 5.82 Å². The van der Waals surface area contributed by atoms with Gasteiger partial charge in [-0.25, -0.2) is 4.39 Å². The first-order valence-electron chi connectivity index (χ1n) is 6.58. The summed E-state index contributed by atoms with van der Waals surface area (Å²) in [6, 6.07) is 11.4. The topological polar surface area (TPSA) is 12.0 Å². The predicted molar refractivity (Wildman–Crippen MR) is 78.8 cm³/mol. The van der Waals surface area contributed by atoms with E-state index in [1.807, 2.05) is 19.2 Å². The van der Waals surface area contributed by atoms with Crippen LogP contribution in [0.25, 0.3) is 11.1 Å². The summed E-state index contributed by atoms with van der Waals surface area (Å²) < 4.78 is 13.6. The Morgan fingerprint density at radius 3 is 2.47 bits per heavy atom. The number of aryl methyl sites for hydroxylation is 1. The molecular formula is C17H20FN. The average Bonchev–Trinajstić information content (AvgIpc) is 2.41. The zero-order chi connectivity index (χ0) is 14.0. The Kier molecular flexibility index (Phi) is 4.01. The van der Waals surface area contributed by atoms with Gasteiger partial charge in [0.15, 0.2) is 0 Å². The van der Waals surface area contributed by atoms with E-state index in [2.05, 4.69) is 38.2 Å². The molecule has 0 amide bonds. The molecule has 0 radical (unpaired) electrons. The van der Waals surface area contributed by atoms with Crippen LogP contribution in [0.1, 0.15) is 29.7 Å². The molecule has 2 heteroatoms. The van der Waals surface area contributed by atoms with E-state index in [4.69, 9.17) is 0 Å². The van der Waals surface area contributed by atoms with Gasteiger partial charge in [0.2, 0.25) is 0 Å². The van der Waals surface area contributed by atoms with Crippen molar-refractivity contribution in [2.75, 3.05) is 7.05 Å². The Hall–Kier alpha value is -1.67. The molecule has 0 aliphatic rings. The molecule has 0 aromatic heterocycles. The molecule has 0 aliphatic carbocycles. The van der Waals surface area contributed by atoms with Crippen molar-refractivity contribution in [1.82, 2.24) is 5.32 Å². The largest absolute Gasteiger partial charge is 0.313 e. The lowest BCUT2D eigenvalue weighted by Gasteiger charge is -2.18. The standard InChI is InChI=1S/C17H20FN/c1-11-6-5-7-15(12(11)2)17-10-14(18)8-9-16(17)13(3)19-4/h5-10,13,19H,1-4H3. The van der Waals surface area contributed by atoms with Gasteiger partial charge in [-0.3, -0.25) is 0 Å². The van der Waals surface area contributed by atoms with Crippen LogP contribution in [0, 0.1) is 19.7 Å². The highest BCUT2D eigenvalue weighted by Gasteiger charge is 2.13. The van der Waals surface area contributed by atoms with Crippen molar-refractivity contribution in [3.8, 4) is 11.1 Å². The fraction of sp³-hybridized carbons (Fsp3) is 0.294. The molecule has 1 atom stereocenters. The number of benzene rings is 2. The number of hydrogen-bond acceptors (Lipinski definition) is 1. The summed E-state index contributed by atoms with van der Waals surface area (Å²) in [5, 5.41) is 3.22. The third-order valence-electron chi connectivity index (χ3n) is 3.81. The monoisotopic (exact) mass is 257 g/mol. The molecule has 0 saturated heterocycles. The van der Waals surface area contributed by atoms with Crippen LogP contribution >= 0.6 is 0 Å². The van der Waals surface area contributed by atoms with Gasteiger partial charge in [0.25, 0.3) is 0 Å². The van der Waals surface area contributed by atoms with Crippen molar-refractivity contribution in [3.63, 3.8) is 0 Å². The van der Waals surface area contributed by atoms with Crippen LogP contribution in [0.3, 0.4) is 0 Å². The fourth-order valence-corrected chi connectivity index (χ4v) is 2.34. The number of halogens is 1. The zero-order valence-corrected chi connectivity index (χ0v) is 11.9. The van der Waals surface area contributed by atoms with Crippen LogP contribution < -0.4 is 5.32 Å². The van der Waals surface area contributed by atoms with Crippen molar-refractivity contribution in [2.24, 2.45) is 0 Å². The minimum absolute atomic E-state index is 0.190. The Morgan fingerprint density at radius 1 is 1.05 bits per heavy atom.